The summed E-state index contributed by atoms with van der Waals surface area (Å²) in [6.45, 7) is 0. The fraction of sp³-hybridized carbons (Fsp3) is 0.250. The molecule has 20 heavy (non-hydrogen) atoms. The number of hydrogen-bond acceptors (Lipinski definition) is 2. The smallest absolute Gasteiger partial charge is 0.129 e. The summed E-state index contributed by atoms with van der Waals surface area (Å²) in [7, 11) is 3.42. The number of nitrogens with one attached hydrogen (secondary N) is 1. The van der Waals surface area contributed by atoms with Crippen molar-refractivity contribution in [3.05, 3.63) is 65.2 Å². The van der Waals surface area contributed by atoms with Crippen LogP contribution in [0.5, 0.6) is 5.75 Å². The van der Waals surface area contributed by atoms with Gasteiger partial charge in [0.05, 0.1) is 7.11 Å². The van der Waals surface area contributed by atoms with E-state index in [2.05, 4.69) is 5.32 Å². The molecule has 0 bridgehead atoms. The lowest BCUT2D eigenvalue weighted by atomic mass is 9.98. The standard InChI is InChI=1S/C16H17F2NO/c1-19-16(12-4-3-5-14(8-12)20-2)9-11-6-7-13(17)10-15(11)18/h3-8,10,16,19H,9H2,1-2H3. The molecule has 2 aromatic rings. The van der Waals surface area contributed by atoms with E-state index in [0.717, 1.165) is 17.4 Å². The molecule has 0 heterocycles. The molecule has 0 amide bonds. The van der Waals surface area contributed by atoms with Crippen LogP contribution < -0.4 is 10.1 Å². The summed E-state index contributed by atoms with van der Waals surface area (Å²) in [5, 5.41) is 3.14. The highest BCUT2D eigenvalue weighted by atomic mass is 19.1. The van der Waals surface area contributed by atoms with E-state index >= 15 is 0 Å². The van der Waals surface area contributed by atoms with Crippen LogP contribution in [0, 0.1) is 11.6 Å². The van der Waals surface area contributed by atoms with Gasteiger partial charge in [-0.05, 0) is 42.8 Å². The third kappa shape index (κ3) is 3.33. The van der Waals surface area contributed by atoms with Gasteiger partial charge in [0.15, 0.2) is 0 Å². The normalized spacial score (nSPS) is 12.2. The maximum absolute atomic E-state index is 13.7. The highest BCUT2D eigenvalue weighted by molar-refractivity contribution is 5.32. The van der Waals surface area contributed by atoms with Crippen LogP contribution in [0.3, 0.4) is 0 Å². The molecule has 1 unspecified atom stereocenters. The average molecular weight is 277 g/mol. The molecule has 106 valence electrons. The summed E-state index contributed by atoms with van der Waals surface area (Å²) in [5.41, 5.74) is 1.48. The molecule has 0 saturated carbocycles. The van der Waals surface area contributed by atoms with Gasteiger partial charge in [-0.15, -0.1) is 0 Å². The molecule has 2 rings (SSSR count). The Balaban J connectivity index is 2.23. The molecular formula is C16H17F2NO. The topological polar surface area (TPSA) is 21.3 Å². The zero-order chi connectivity index (χ0) is 14.5. The van der Waals surface area contributed by atoms with Crippen LogP contribution >= 0.6 is 0 Å². The summed E-state index contributed by atoms with van der Waals surface area (Å²) >= 11 is 0. The number of methoxy groups -OCH3 is 1. The van der Waals surface area contributed by atoms with Crippen LogP contribution in [0.2, 0.25) is 0 Å². The number of halogens is 2. The Morgan fingerprint density at radius 3 is 2.60 bits per heavy atom. The van der Waals surface area contributed by atoms with Crippen molar-refractivity contribution in [2.45, 2.75) is 12.5 Å². The Kier molecular flexibility index (Phi) is 4.69. The Labute approximate surface area is 117 Å². The van der Waals surface area contributed by atoms with Gasteiger partial charge in [-0.25, -0.2) is 8.78 Å². The molecule has 0 fully saturated rings. The van der Waals surface area contributed by atoms with Gasteiger partial charge in [-0.3, -0.25) is 0 Å². The fourth-order valence-electron chi connectivity index (χ4n) is 2.15. The van der Waals surface area contributed by atoms with Crippen molar-refractivity contribution in [2.24, 2.45) is 0 Å². The average Bonchev–Trinajstić information content (AvgIpc) is 2.46. The second-order valence-corrected chi connectivity index (χ2v) is 4.56. The second-order valence-electron chi connectivity index (χ2n) is 4.56. The van der Waals surface area contributed by atoms with E-state index in [1.165, 1.54) is 12.1 Å². The van der Waals surface area contributed by atoms with E-state index in [1.807, 2.05) is 31.3 Å². The van der Waals surface area contributed by atoms with Crippen molar-refractivity contribution in [3.63, 3.8) is 0 Å². The van der Waals surface area contributed by atoms with Gasteiger partial charge in [0.2, 0.25) is 0 Å². The zero-order valence-electron chi connectivity index (χ0n) is 11.5. The van der Waals surface area contributed by atoms with Gasteiger partial charge in [-0.2, -0.15) is 0 Å². The van der Waals surface area contributed by atoms with Crippen molar-refractivity contribution < 1.29 is 13.5 Å². The lowest BCUT2D eigenvalue weighted by molar-refractivity contribution is 0.413. The molecule has 1 N–H and O–H groups in total. The second kappa shape index (κ2) is 6.48. The molecule has 0 saturated heterocycles. The first-order valence-electron chi connectivity index (χ1n) is 6.39. The largest absolute Gasteiger partial charge is 0.497 e. The molecule has 4 heteroatoms. The van der Waals surface area contributed by atoms with Crippen molar-refractivity contribution in [1.82, 2.24) is 5.32 Å². The van der Waals surface area contributed by atoms with E-state index in [1.54, 1.807) is 7.11 Å². The summed E-state index contributed by atoms with van der Waals surface area (Å²) < 4.78 is 31.8. The van der Waals surface area contributed by atoms with Crippen LogP contribution in [-0.4, -0.2) is 14.2 Å². The highest BCUT2D eigenvalue weighted by Crippen LogP contribution is 2.23. The van der Waals surface area contributed by atoms with Crippen molar-refractivity contribution in [1.29, 1.82) is 0 Å². The molecule has 1 atom stereocenters. The van der Waals surface area contributed by atoms with Crippen molar-refractivity contribution >= 4 is 0 Å². The van der Waals surface area contributed by atoms with Gasteiger partial charge in [0.1, 0.15) is 17.4 Å². The van der Waals surface area contributed by atoms with Crippen LogP contribution in [-0.2, 0) is 6.42 Å². The summed E-state index contributed by atoms with van der Waals surface area (Å²) in [6.07, 6.45) is 0.440. The molecule has 0 aromatic heterocycles. The highest BCUT2D eigenvalue weighted by Gasteiger charge is 2.14. The Bertz CT molecular complexity index is 586. The van der Waals surface area contributed by atoms with Gasteiger partial charge in [0, 0.05) is 12.1 Å². The molecule has 0 spiro atoms. The summed E-state index contributed by atoms with van der Waals surface area (Å²) in [5.74, 6) is -0.330. The minimum Gasteiger partial charge on any atom is -0.497 e. The number of likely N-dealkylation sites (N-methyl/N-ethyl adjacent to an activating group) is 1. The van der Waals surface area contributed by atoms with E-state index in [-0.39, 0.29) is 6.04 Å². The number of rotatable bonds is 5. The monoisotopic (exact) mass is 277 g/mol. The molecule has 0 aliphatic carbocycles. The number of benzene rings is 2. The minimum atomic E-state index is -0.561. The fourth-order valence-corrected chi connectivity index (χ4v) is 2.15. The van der Waals surface area contributed by atoms with Crippen LogP contribution in [0.15, 0.2) is 42.5 Å². The van der Waals surface area contributed by atoms with E-state index in [4.69, 9.17) is 4.74 Å². The SMILES string of the molecule is CNC(Cc1ccc(F)cc1F)c1cccc(OC)c1. The van der Waals surface area contributed by atoms with E-state index < -0.39 is 11.6 Å². The molecule has 0 aliphatic rings. The summed E-state index contributed by atoms with van der Waals surface area (Å²) in [4.78, 5) is 0. The first-order chi connectivity index (χ1) is 9.63. The lowest BCUT2D eigenvalue weighted by Crippen LogP contribution is -2.19. The Hall–Kier alpha value is -1.94. The van der Waals surface area contributed by atoms with Crippen LogP contribution in [0.25, 0.3) is 0 Å². The predicted molar refractivity (Wildman–Crippen MR) is 74.9 cm³/mol. The molecular weight excluding hydrogens is 260 g/mol. The molecule has 0 radical (unpaired) electrons. The molecule has 2 aromatic carbocycles. The van der Waals surface area contributed by atoms with E-state index in [9.17, 15) is 8.78 Å². The quantitative estimate of drug-likeness (QED) is 0.903. The van der Waals surface area contributed by atoms with Gasteiger partial charge in [-0.1, -0.05) is 18.2 Å². The maximum atomic E-state index is 13.7. The molecule has 0 aliphatic heterocycles. The van der Waals surface area contributed by atoms with Gasteiger partial charge < -0.3 is 10.1 Å². The van der Waals surface area contributed by atoms with E-state index in [0.29, 0.717) is 12.0 Å². The van der Waals surface area contributed by atoms with Gasteiger partial charge >= 0.3 is 0 Å². The Morgan fingerprint density at radius 2 is 1.95 bits per heavy atom. The minimum absolute atomic E-state index is 0.0648. The first-order valence-corrected chi connectivity index (χ1v) is 6.39. The predicted octanol–water partition coefficient (Wildman–Crippen LogP) is 3.48. The van der Waals surface area contributed by atoms with Crippen LogP contribution in [0.1, 0.15) is 17.2 Å². The van der Waals surface area contributed by atoms with Crippen LogP contribution in [0.4, 0.5) is 8.78 Å². The number of hydrogen-bond donors (Lipinski definition) is 1. The van der Waals surface area contributed by atoms with Crippen molar-refractivity contribution in [3.8, 4) is 5.75 Å². The van der Waals surface area contributed by atoms with Gasteiger partial charge in [0.25, 0.3) is 0 Å². The summed E-state index contributed by atoms with van der Waals surface area (Å²) in [6, 6.07) is 11.2. The third-order valence-electron chi connectivity index (χ3n) is 3.28. The third-order valence-corrected chi connectivity index (χ3v) is 3.28. The Morgan fingerprint density at radius 1 is 1.15 bits per heavy atom. The molecule has 2 nitrogen and oxygen atoms in total. The lowest BCUT2D eigenvalue weighted by Gasteiger charge is -2.18. The van der Waals surface area contributed by atoms with Crippen molar-refractivity contribution in [2.75, 3.05) is 14.2 Å². The number of ether oxygens (including phenoxy) is 1. The first kappa shape index (κ1) is 14.5. The zero-order valence-corrected chi connectivity index (χ0v) is 11.5. The maximum Gasteiger partial charge on any atom is 0.129 e.